The second kappa shape index (κ2) is 6.93. The third kappa shape index (κ3) is 2.78. The van der Waals surface area contributed by atoms with E-state index in [1.807, 2.05) is 48.5 Å². The summed E-state index contributed by atoms with van der Waals surface area (Å²) in [7, 11) is 1.29. The van der Waals surface area contributed by atoms with Crippen molar-refractivity contribution in [2.24, 2.45) is 0 Å². The van der Waals surface area contributed by atoms with Crippen molar-refractivity contribution in [2.45, 2.75) is 0 Å². The maximum atomic E-state index is 12.3. The number of ether oxygens (including phenoxy) is 1. The maximum absolute atomic E-state index is 12.3. The minimum absolute atomic E-state index is 0.116. The number of anilines is 1. The number of nitrogens with zero attached hydrogens (tertiary/aromatic N) is 2. The number of carbonyl (C=O) groups is 1. The van der Waals surface area contributed by atoms with Crippen LogP contribution in [-0.2, 0) is 4.74 Å². The van der Waals surface area contributed by atoms with Gasteiger partial charge in [0.2, 0.25) is 0 Å². The molecule has 0 aliphatic heterocycles. The Morgan fingerprint density at radius 2 is 1.82 bits per heavy atom. The predicted molar refractivity (Wildman–Crippen MR) is 109 cm³/mol. The smallest absolute Gasteiger partial charge is 0.357 e. The van der Waals surface area contributed by atoms with Crippen molar-refractivity contribution in [3.05, 3.63) is 84.2 Å². The van der Waals surface area contributed by atoms with E-state index in [-0.39, 0.29) is 16.9 Å². The molecule has 5 heteroatoms. The first-order chi connectivity index (χ1) is 13.6. The normalized spacial score (nSPS) is 10.6. The number of esters is 1. The van der Waals surface area contributed by atoms with Gasteiger partial charge >= 0.3 is 5.97 Å². The zero-order valence-corrected chi connectivity index (χ0v) is 15.2. The molecule has 0 unspecified atom stereocenters. The minimum Gasteiger partial charge on any atom is -0.464 e. The van der Waals surface area contributed by atoms with Gasteiger partial charge in [0, 0.05) is 11.9 Å². The molecule has 0 saturated heterocycles. The van der Waals surface area contributed by atoms with E-state index in [1.165, 1.54) is 7.11 Å². The van der Waals surface area contributed by atoms with Gasteiger partial charge in [-0.1, -0.05) is 54.6 Å². The van der Waals surface area contributed by atoms with Crippen LogP contribution in [0.2, 0.25) is 0 Å². The van der Waals surface area contributed by atoms with Crippen molar-refractivity contribution in [3.8, 4) is 22.9 Å². The lowest BCUT2D eigenvalue weighted by Crippen LogP contribution is -2.11. The fourth-order valence-corrected chi connectivity index (χ4v) is 3.42. The van der Waals surface area contributed by atoms with Crippen molar-refractivity contribution < 1.29 is 9.53 Å². The number of aromatic nitrogens is 1. The molecule has 3 aromatic carbocycles. The van der Waals surface area contributed by atoms with Crippen LogP contribution in [0.15, 0.2) is 72.9 Å². The molecule has 0 amide bonds. The van der Waals surface area contributed by atoms with E-state index in [2.05, 4.69) is 24.3 Å². The largest absolute Gasteiger partial charge is 0.464 e. The summed E-state index contributed by atoms with van der Waals surface area (Å²) in [4.78, 5) is 12.3. The van der Waals surface area contributed by atoms with Crippen molar-refractivity contribution >= 4 is 22.4 Å². The van der Waals surface area contributed by atoms with E-state index in [1.54, 1.807) is 10.8 Å². The van der Waals surface area contributed by atoms with E-state index in [0.29, 0.717) is 0 Å². The van der Waals surface area contributed by atoms with E-state index in [4.69, 9.17) is 10.5 Å². The molecule has 0 spiro atoms. The fraction of sp³-hybridized carbons (Fsp3) is 0.0435. The van der Waals surface area contributed by atoms with Gasteiger partial charge in [-0.3, -0.25) is 0 Å². The molecular weight excluding hydrogens is 350 g/mol. The Morgan fingerprint density at radius 3 is 2.61 bits per heavy atom. The third-order valence-electron chi connectivity index (χ3n) is 4.77. The number of benzene rings is 3. The number of hydrogen-bond acceptors (Lipinski definition) is 4. The Balaban J connectivity index is 1.91. The summed E-state index contributed by atoms with van der Waals surface area (Å²) in [6, 6.07) is 24.1. The molecule has 0 bridgehead atoms. The Kier molecular flexibility index (Phi) is 4.30. The highest BCUT2D eigenvalue weighted by Gasteiger charge is 2.21. The van der Waals surface area contributed by atoms with E-state index >= 15 is 0 Å². The molecule has 0 aliphatic carbocycles. The van der Waals surface area contributed by atoms with Crippen LogP contribution < -0.4 is 5.73 Å². The molecule has 28 heavy (non-hydrogen) atoms. The minimum atomic E-state index is -0.588. The second-order valence-corrected chi connectivity index (χ2v) is 6.36. The van der Waals surface area contributed by atoms with Gasteiger partial charge in [0.25, 0.3) is 0 Å². The quantitative estimate of drug-likeness (QED) is 0.539. The van der Waals surface area contributed by atoms with Crippen LogP contribution in [0.4, 0.5) is 5.69 Å². The number of carbonyl (C=O) groups excluding carboxylic acids is 1. The summed E-state index contributed by atoms with van der Waals surface area (Å²) in [5, 5.41) is 11.6. The summed E-state index contributed by atoms with van der Waals surface area (Å²) in [6.45, 7) is 0. The molecular formula is C23H17N3O2. The van der Waals surface area contributed by atoms with Gasteiger partial charge in [-0.05, 0) is 34.0 Å². The Bertz CT molecular complexity index is 1240. The third-order valence-corrected chi connectivity index (χ3v) is 4.77. The molecule has 0 saturated carbocycles. The van der Waals surface area contributed by atoms with Crippen LogP contribution in [0, 0.1) is 11.3 Å². The standard InChI is InChI=1S/C23H17N3O2/c1-28-23(27)22-21(25)17(13-24)14-26(22)18-9-4-8-16(12-18)20-11-5-7-15-6-2-3-10-19(15)20/h2-12,14H,25H2,1H3. The van der Waals surface area contributed by atoms with Gasteiger partial charge in [-0.15, -0.1) is 0 Å². The Hall–Kier alpha value is -4.04. The average molecular weight is 367 g/mol. The lowest BCUT2D eigenvalue weighted by atomic mass is 9.98. The van der Waals surface area contributed by atoms with Crippen LogP contribution in [0.5, 0.6) is 0 Å². The summed E-state index contributed by atoms with van der Waals surface area (Å²) in [5.74, 6) is -0.588. The number of nitrogens with two attached hydrogens (primary N) is 1. The van der Waals surface area contributed by atoms with Crippen LogP contribution in [0.25, 0.3) is 27.6 Å². The maximum Gasteiger partial charge on any atom is 0.357 e. The number of hydrogen-bond donors (Lipinski definition) is 1. The predicted octanol–water partition coefficient (Wildman–Crippen LogP) is 4.54. The molecule has 0 fully saturated rings. The van der Waals surface area contributed by atoms with Crippen molar-refractivity contribution in [1.29, 1.82) is 5.26 Å². The van der Waals surface area contributed by atoms with Gasteiger partial charge in [0.1, 0.15) is 6.07 Å². The summed E-state index contributed by atoms with van der Waals surface area (Å²) in [6.07, 6.45) is 1.56. The number of rotatable bonds is 3. The molecule has 1 heterocycles. The SMILES string of the molecule is COC(=O)c1c(N)c(C#N)cn1-c1cccc(-c2cccc3ccccc23)c1. The van der Waals surface area contributed by atoms with Gasteiger partial charge < -0.3 is 15.0 Å². The van der Waals surface area contributed by atoms with Crippen LogP contribution in [0.3, 0.4) is 0 Å². The highest BCUT2D eigenvalue weighted by Crippen LogP contribution is 2.31. The van der Waals surface area contributed by atoms with Crippen molar-refractivity contribution in [2.75, 3.05) is 12.8 Å². The average Bonchev–Trinajstić information content (AvgIpc) is 3.09. The van der Waals surface area contributed by atoms with Gasteiger partial charge in [-0.2, -0.15) is 5.26 Å². The molecule has 136 valence electrons. The second-order valence-electron chi connectivity index (χ2n) is 6.36. The molecule has 5 nitrogen and oxygen atoms in total. The number of methoxy groups -OCH3 is 1. The highest BCUT2D eigenvalue weighted by molar-refractivity contribution is 5.98. The summed E-state index contributed by atoms with van der Waals surface area (Å²) in [5.41, 5.74) is 9.30. The summed E-state index contributed by atoms with van der Waals surface area (Å²) >= 11 is 0. The van der Waals surface area contributed by atoms with Gasteiger partial charge in [0.05, 0.1) is 18.4 Å². The van der Waals surface area contributed by atoms with Crippen molar-refractivity contribution in [1.82, 2.24) is 4.57 Å². The van der Waals surface area contributed by atoms with Gasteiger partial charge in [-0.25, -0.2) is 4.79 Å². The fourth-order valence-electron chi connectivity index (χ4n) is 3.42. The topological polar surface area (TPSA) is 81.0 Å². The molecule has 1 aromatic heterocycles. The van der Waals surface area contributed by atoms with Crippen LogP contribution in [0.1, 0.15) is 16.1 Å². The first-order valence-electron chi connectivity index (χ1n) is 8.72. The molecule has 2 N–H and O–H groups in total. The molecule has 4 rings (SSSR count). The van der Waals surface area contributed by atoms with Gasteiger partial charge in [0.15, 0.2) is 5.69 Å². The first kappa shape index (κ1) is 17.4. The lowest BCUT2D eigenvalue weighted by molar-refractivity contribution is 0.0593. The van der Waals surface area contributed by atoms with E-state index < -0.39 is 5.97 Å². The molecule has 0 atom stereocenters. The van der Waals surface area contributed by atoms with E-state index in [9.17, 15) is 10.1 Å². The van der Waals surface area contributed by atoms with Crippen LogP contribution >= 0.6 is 0 Å². The summed E-state index contributed by atoms with van der Waals surface area (Å²) < 4.78 is 6.47. The number of nitriles is 1. The Labute approximate surface area is 162 Å². The number of fused-ring (bicyclic) bond motifs is 1. The zero-order valence-electron chi connectivity index (χ0n) is 15.2. The Morgan fingerprint density at radius 1 is 1.07 bits per heavy atom. The monoisotopic (exact) mass is 367 g/mol. The molecule has 4 aromatic rings. The van der Waals surface area contributed by atoms with E-state index in [0.717, 1.165) is 27.6 Å². The highest BCUT2D eigenvalue weighted by atomic mass is 16.5. The first-order valence-corrected chi connectivity index (χ1v) is 8.72. The molecule has 0 radical (unpaired) electrons. The molecule has 0 aliphatic rings. The van der Waals surface area contributed by atoms with Crippen LogP contribution in [-0.4, -0.2) is 17.6 Å². The number of nitrogen functional groups attached to an aromatic ring is 1. The van der Waals surface area contributed by atoms with Crippen molar-refractivity contribution in [3.63, 3.8) is 0 Å². The lowest BCUT2D eigenvalue weighted by Gasteiger charge is -2.12. The zero-order chi connectivity index (χ0) is 19.7.